The van der Waals surface area contributed by atoms with E-state index in [2.05, 4.69) is 60.5 Å². The second-order valence-corrected chi connectivity index (χ2v) is 11.4. The van der Waals surface area contributed by atoms with Gasteiger partial charge < -0.3 is 10.2 Å². The molecule has 0 saturated heterocycles. The van der Waals surface area contributed by atoms with E-state index in [0.29, 0.717) is 23.0 Å². The number of hydrogen-bond acceptors (Lipinski definition) is 4. The second kappa shape index (κ2) is 10.0. The number of allylic oxidation sites excluding steroid dienone is 2. The zero-order chi connectivity index (χ0) is 25.3. The summed E-state index contributed by atoms with van der Waals surface area (Å²) in [4.78, 5) is 2.69. The molecule has 0 spiro atoms. The maximum Gasteiger partial charge on any atom is 0.264 e. The van der Waals surface area contributed by atoms with Gasteiger partial charge in [0.1, 0.15) is 0 Å². The van der Waals surface area contributed by atoms with E-state index >= 15 is 0 Å². The molecule has 0 aromatic heterocycles. The van der Waals surface area contributed by atoms with Gasteiger partial charge in [0.25, 0.3) is 10.0 Å². The predicted molar refractivity (Wildman–Crippen MR) is 149 cm³/mol. The van der Waals surface area contributed by atoms with Crippen molar-refractivity contribution in [1.82, 2.24) is 0 Å². The molecule has 0 saturated carbocycles. The maximum atomic E-state index is 13.6. The third kappa shape index (κ3) is 4.28. The molecule has 3 atom stereocenters. The van der Waals surface area contributed by atoms with E-state index in [1.807, 2.05) is 49.4 Å². The van der Waals surface area contributed by atoms with Crippen LogP contribution in [-0.4, -0.2) is 28.1 Å². The molecule has 1 N–H and O–H groups in total. The van der Waals surface area contributed by atoms with Crippen LogP contribution in [0.4, 0.5) is 17.1 Å². The Balaban J connectivity index is 1.47. The minimum absolute atomic E-state index is 0.183. The number of benzene rings is 3. The predicted octanol–water partition coefficient (Wildman–Crippen LogP) is 6.57. The van der Waals surface area contributed by atoms with Crippen molar-refractivity contribution in [2.45, 2.75) is 44.0 Å². The molecule has 5 rings (SSSR count). The molecular formula is C30H35N3O2S. The van der Waals surface area contributed by atoms with Crippen LogP contribution < -0.4 is 14.5 Å². The van der Waals surface area contributed by atoms with Crippen molar-refractivity contribution in [3.05, 3.63) is 96.1 Å². The number of fused-ring (bicyclic) bond motifs is 3. The summed E-state index contributed by atoms with van der Waals surface area (Å²) < 4.78 is 28.8. The third-order valence-corrected chi connectivity index (χ3v) is 9.53. The average Bonchev–Trinajstić information content (AvgIpc) is 3.40. The van der Waals surface area contributed by atoms with Gasteiger partial charge in [0.2, 0.25) is 0 Å². The molecule has 36 heavy (non-hydrogen) atoms. The van der Waals surface area contributed by atoms with E-state index in [4.69, 9.17) is 0 Å². The lowest BCUT2D eigenvalue weighted by atomic mass is 9.77. The fourth-order valence-electron chi connectivity index (χ4n) is 5.76. The molecule has 6 heteroatoms. The minimum atomic E-state index is -3.67. The fraction of sp³-hybridized carbons (Fsp3) is 0.333. The highest BCUT2D eigenvalue weighted by Crippen LogP contribution is 2.50. The number of nitrogens with zero attached hydrogens (tertiary/aromatic N) is 2. The Hall–Kier alpha value is -3.25. The summed E-state index contributed by atoms with van der Waals surface area (Å²) in [5, 5.41) is 3.75. The number of anilines is 3. The molecule has 0 radical (unpaired) electrons. The summed E-state index contributed by atoms with van der Waals surface area (Å²) in [5.74, 6) is 0.543. The van der Waals surface area contributed by atoms with Gasteiger partial charge in [0.15, 0.2) is 0 Å². The molecule has 0 amide bonds. The van der Waals surface area contributed by atoms with Gasteiger partial charge in [-0.2, -0.15) is 0 Å². The standard InChI is InChI=1S/C30H35N3O2S/c1-4-32(5-2)23-17-15-22(16-18-23)30-27-14-10-13-26(27)28-21-25(19-20-29(28)31-30)36(34,35)33(6-3)24-11-8-7-9-12-24/h7-13,15-21,26-27,30-31H,4-6,14H2,1-3H3. The van der Waals surface area contributed by atoms with Crippen LogP contribution in [0.15, 0.2) is 89.8 Å². The van der Waals surface area contributed by atoms with Crippen LogP contribution in [0.3, 0.4) is 0 Å². The van der Waals surface area contributed by atoms with Gasteiger partial charge in [-0.15, -0.1) is 0 Å². The van der Waals surface area contributed by atoms with E-state index < -0.39 is 10.0 Å². The van der Waals surface area contributed by atoms with E-state index in [9.17, 15) is 8.42 Å². The molecular weight excluding hydrogens is 466 g/mol. The molecule has 0 bridgehead atoms. The highest BCUT2D eigenvalue weighted by molar-refractivity contribution is 7.92. The van der Waals surface area contributed by atoms with E-state index in [1.54, 1.807) is 6.07 Å². The molecule has 188 valence electrons. The van der Waals surface area contributed by atoms with Crippen LogP contribution in [0.25, 0.3) is 0 Å². The SMILES string of the molecule is CCN(CC)c1ccc(C2Nc3ccc(S(=O)(=O)N(CC)c4ccccc4)cc3C3C=CCC32)cc1. The zero-order valence-corrected chi connectivity index (χ0v) is 22.1. The van der Waals surface area contributed by atoms with Gasteiger partial charge in [-0.25, -0.2) is 8.42 Å². The normalized spacial score (nSPS) is 20.4. The molecule has 3 unspecified atom stereocenters. The molecule has 3 aromatic rings. The van der Waals surface area contributed by atoms with Crippen molar-refractivity contribution in [2.24, 2.45) is 5.92 Å². The number of hydrogen-bond donors (Lipinski definition) is 1. The lowest BCUT2D eigenvalue weighted by Gasteiger charge is -2.38. The first-order valence-corrected chi connectivity index (χ1v) is 14.4. The largest absolute Gasteiger partial charge is 0.378 e. The lowest BCUT2D eigenvalue weighted by Crippen LogP contribution is -2.32. The van der Waals surface area contributed by atoms with Crippen molar-refractivity contribution in [2.75, 3.05) is 34.2 Å². The van der Waals surface area contributed by atoms with Crippen LogP contribution in [0.5, 0.6) is 0 Å². The number of para-hydroxylation sites is 1. The summed E-state index contributed by atoms with van der Waals surface area (Å²) >= 11 is 0. The van der Waals surface area contributed by atoms with Gasteiger partial charge in [-0.05, 0) is 86.7 Å². The lowest BCUT2D eigenvalue weighted by molar-refractivity contribution is 0.425. The summed E-state index contributed by atoms with van der Waals surface area (Å²) in [6, 6.07) is 24.0. The average molecular weight is 502 g/mol. The van der Waals surface area contributed by atoms with Gasteiger partial charge in [0, 0.05) is 36.9 Å². The first-order chi connectivity index (χ1) is 17.5. The topological polar surface area (TPSA) is 52.7 Å². The van der Waals surface area contributed by atoms with Crippen molar-refractivity contribution < 1.29 is 8.42 Å². The van der Waals surface area contributed by atoms with E-state index in [-0.39, 0.29) is 12.0 Å². The zero-order valence-electron chi connectivity index (χ0n) is 21.3. The Labute approximate surface area is 215 Å². The van der Waals surface area contributed by atoms with Crippen LogP contribution in [0, 0.1) is 5.92 Å². The Morgan fingerprint density at radius 2 is 1.58 bits per heavy atom. The third-order valence-electron chi connectivity index (χ3n) is 7.63. The van der Waals surface area contributed by atoms with Gasteiger partial charge >= 0.3 is 0 Å². The highest BCUT2D eigenvalue weighted by Gasteiger charge is 2.38. The van der Waals surface area contributed by atoms with Crippen molar-refractivity contribution >= 4 is 27.1 Å². The molecule has 1 heterocycles. The van der Waals surface area contributed by atoms with Crippen LogP contribution in [-0.2, 0) is 10.0 Å². The first-order valence-electron chi connectivity index (χ1n) is 13.0. The van der Waals surface area contributed by atoms with Crippen LogP contribution in [0.1, 0.15) is 50.3 Å². The summed E-state index contributed by atoms with van der Waals surface area (Å²) in [7, 11) is -3.67. The van der Waals surface area contributed by atoms with Gasteiger partial charge in [-0.3, -0.25) is 4.31 Å². The molecule has 2 aliphatic rings. The molecule has 3 aromatic carbocycles. The monoisotopic (exact) mass is 501 g/mol. The number of sulfonamides is 1. The van der Waals surface area contributed by atoms with E-state index in [1.165, 1.54) is 15.6 Å². The van der Waals surface area contributed by atoms with Crippen LogP contribution in [0.2, 0.25) is 0 Å². The molecule has 1 aliphatic heterocycles. The summed E-state index contributed by atoms with van der Waals surface area (Å²) in [6.45, 7) is 8.59. The molecule has 5 nitrogen and oxygen atoms in total. The maximum absolute atomic E-state index is 13.6. The smallest absolute Gasteiger partial charge is 0.264 e. The summed E-state index contributed by atoms with van der Waals surface area (Å²) in [5.41, 5.74) is 5.28. The first kappa shape index (κ1) is 24.4. The number of rotatable bonds is 8. The fourth-order valence-corrected chi connectivity index (χ4v) is 7.27. The Morgan fingerprint density at radius 1 is 0.861 bits per heavy atom. The Bertz CT molecular complexity index is 1330. The van der Waals surface area contributed by atoms with Crippen LogP contribution >= 0.6 is 0 Å². The van der Waals surface area contributed by atoms with Gasteiger partial charge in [-0.1, -0.05) is 42.5 Å². The van der Waals surface area contributed by atoms with Crippen molar-refractivity contribution in [1.29, 1.82) is 0 Å². The van der Waals surface area contributed by atoms with Gasteiger partial charge in [0.05, 0.1) is 16.6 Å². The quantitative estimate of drug-likeness (QED) is 0.355. The van der Waals surface area contributed by atoms with E-state index in [0.717, 1.165) is 30.8 Å². The number of nitrogens with one attached hydrogen (secondary N) is 1. The molecule has 1 aliphatic carbocycles. The van der Waals surface area contributed by atoms with Crippen molar-refractivity contribution in [3.8, 4) is 0 Å². The Kier molecular flexibility index (Phi) is 6.80. The Morgan fingerprint density at radius 3 is 2.25 bits per heavy atom. The molecule has 0 fully saturated rings. The second-order valence-electron chi connectivity index (χ2n) is 9.49. The summed E-state index contributed by atoms with van der Waals surface area (Å²) in [6.07, 6.45) is 5.47. The highest BCUT2D eigenvalue weighted by atomic mass is 32.2. The van der Waals surface area contributed by atoms with Crippen molar-refractivity contribution in [3.63, 3.8) is 0 Å². The minimum Gasteiger partial charge on any atom is -0.378 e.